The molecule has 1 aliphatic carbocycles. The molecular formula is C17H23N3O. The number of hydrogen-bond acceptors (Lipinski definition) is 2. The second-order valence-corrected chi connectivity index (χ2v) is 6.01. The molecule has 4 nitrogen and oxygen atoms in total. The lowest BCUT2D eigenvalue weighted by atomic mass is 9.87. The molecule has 1 aliphatic rings. The summed E-state index contributed by atoms with van der Waals surface area (Å²) in [7, 11) is 0. The lowest BCUT2D eigenvalue weighted by molar-refractivity contribution is -0.122. The number of pyridine rings is 1. The van der Waals surface area contributed by atoms with E-state index in [0.717, 1.165) is 17.8 Å². The molecule has 112 valence electrons. The number of carbonyl (C=O) groups is 1. The quantitative estimate of drug-likeness (QED) is 0.918. The third-order valence-electron chi connectivity index (χ3n) is 4.32. The zero-order valence-electron chi connectivity index (χ0n) is 12.4. The van der Waals surface area contributed by atoms with Crippen LogP contribution in [-0.2, 0) is 11.2 Å². The van der Waals surface area contributed by atoms with E-state index in [-0.39, 0.29) is 5.91 Å². The maximum absolute atomic E-state index is 11.9. The molecule has 0 unspecified atom stereocenters. The van der Waals surface area contributed by atoms with E-state index in [1.807, 2.05) is 35.0 Å². The summed E-state index contributed by atoms with van der Waals surface area (Å²) in [6.45, 7) is 0.676. The van der Waals surface area contributed by atoms with Crippen LogP contribution in [0.15, 0.2) is 30.6 Å². The highest BCUT2D eigenvalue weighted by molar-refractivity contribution is 5.76. The van der Waals surface area contributed by atoms with Crippen molar-refractivity contribution in [3.05, 3.63) is 36.3 Å². The van der Waals surface area contributed by atoms with Gasteiger partial charge in [-0.15, -0.1) is 0 Å². The number of amides is 1. The van der Waals surface area contributed by atoms with Gasteiger partial charge in [0, 0.05) is 31.8 Å². The van der Waals surface area contributed by atoms with Gasteiger partial charge < -0.3 is 9.72 Å². The first-order valence-corrected chi connectivity index (χ1v) is 8.00. The van der Waals surface area contributed by atoms with Gasteiger partial charge in [0.2, 0.25) is 5.91 Å². The first-order valence-electron chi connectivity index (χ1n) is 8.00. The summed E-state index contributed by atoms with van der Waals surface area (Å²) in [5, 5.41) is 3.03. The van der Waals surface area contributed by atoms with E-state index in [1.165, 1.54) is 32.1 Å². The maximum Gasteiger partial charge on any atom is 0.220 e. The van der Waals surface area contributed by atoms with E-state index in [4.69, 9.17) is 0 Å². The molecule has 1 N–H and O–H groups in total. The van der Waals surface area contributed by atoms with Crippen molar-refractivity contribution in [2.75, 3.05) is 6.54 Å². The third kappa shape index (κ3) is 3.84. The van der Waals surface area contributed by atoms with E-state index in [9.17, 15) is 4.79 Å². The maximum atomic E-state index is 11.9. The summed E-state index contributed by atoms with van der Waals surface area (Å²) in [5.41, 5.74) is 1.99. The first-order chi connectivity index (χ1) is 10.3. The van der Waals surface area contributed by atoms with Crippen molar-refractivity contribution in [3.8, 4) is 0 Å². The van der Waals surface area contributed by atoms with Crippen molar-refractivity contribution in [3.63, 3.8) is 0 Å². The SMILES string of the molecule is O=C(CC1CCCCC1)NCCc1cn2ccccc2n1. The monoisotopic (exact) mass is 285 g/mol. The van der Waals surface area contributed by atoms with Gasteiger partial charge in [0.05, 0.1) is 5.69 Å². The topological polar surface area (TPSA) is 46.4 Å². The molecule has 1 amide bonds. The molecule has 0 saturated heterocycles. The first kappa shape index (κ1) is 14.1. The lowest BCUT2D eigenvalue weighted by Gasteiger charge is -2.20. The third-order valence-corrected chi connectivity index (χ3v) is 4.32. The molecular weight excluding hydrogens is 262 g/mol. The minimum Gasteiger partial charge on any atom is -0.356 e. The number of rotatable bonds is 5. The fraction of sp³-hybridized carbons (Fsp3) is 0.529. The van der Waals surface area contributed by atoms with Crippen LogP contribution >= 0.6 is 0 Å². The van der Waals surface area contributed by atoms with Crippen LogP contribution in [0, 0.1) is 5.92 Å². The average Bonchev–Trinajstić information content (AvgIpc) is 2.91. The van der Waals surface area contributed by atoms with Crippen LogP contribution in [0.25, 0.3) is 5.65 Å². The zero-order valence-corrected chi connectivity index (χ0v) is 12.4. The summed E-state index contributed by atoms with van der Waals surface area (Å²) in [4.78, 5) is 16.5. The Morgan fingerprint density at radius 3 is 2.95 bits per heavy atom. The van der Waals surface area contributed by atoms with Crippen molar-refractivity contribution < 1.29 is 4.79 Å². The van der Waals surface area contributed by atoms with Crippen LogP contribution in [0.3, 0.4) is 0 Å². The standard InChI is InChI=1S/C17H23N3O/c21-17(12-14-6-2-1-3-7-14)18-10-9-15-13-20-11-5-4-8-16(20)19-15/h4-5,8,11,13-14H,1-3,6-7,9-10,12H2,(H,18,21). The fourth-order valence-corrected chi connectivity index (χ4v) is 3.16. The van der Waals surface area contributed by atoms with Crippen molar-refractivity contribution in [1.29, 1.82) is 0 Å². The molecule has 1 fully saturated rings. The van der Waals surface area contributed by atoms with Gasteiger partial charge >= 0.3 is 0 Å². The van der Waals surface area contributed by atoms with Crippen molar-refractivity contribution >= 4 is 11.6 Å². The second kappa shape index (κ2) is 6.74. The molecule has 0 bridgehead atoms. The molecule has 0 radical (unpaired) electrons. The predicted molar refractivity (Wildman–Crippen MR) is 83.1 cm³/mol. The van der Waals surface area contributed by atoms with Crippen LogP contribution < -0.4 is 5.32 Å². The van der Waals surface area contributed by atoms with Crippen LogP contribution in [0.1, 0.15) is 44.2 Å². The van der Waals surface area contributed by atoms with Gasteiger partial charge in [0.1, 0.15) is 5.65 Å². The number of aromatic nitrogens is 2. The molecule has 2 aromatic rings. The van der Waals surface area contributed by atoms with Gasteiger partial charge in [-0.25, -0.2) is 4.98 Å². The van der Waals surface area contributed by atoms with Crippen LogP contribution in [0.2, 0.25) is 0 Å². The predicted octanol–water partition coefficient (Wildman–Crippen LogP) is 2.96. The van der Waals surface area contributed by atoms with Crippen molar-refractivity contribution in [2.24, 2.45) is 5.92 Å². The molecule has 0 atom stereocenters. The molecule has 21 heavy (non-hydrogen) atoms. The number of hydrogen-bond donors (Lipinski definition) is 1. The second-order valence-electron chi connectivity index (χ2n) is 6.01. The zero-order chi connectivity index (χ0) is 14.5. The van der Waals surface area contributed by atoms with E-state index in [1.54, 1.807) is 0 Å². The Morgan fingerprint density at radius 2 is 2.14 bits per heavy atom. The van der Waals surface area contributed by atoms with Crippen LogP contribution in [-0.4, -0.2) is 21.8 Å². The normalized spacial score (nSPS) is 16.2. The lowest BCUT2D eigenvalue weighted by Crippen LogP contribution is -2.28. The molecule has 1 saturated carbocycles. The highest BCUT2D eigenvalue weighted by atomic mass is 16.1. The summed E-state index contributed by atoms with van der Waals surface area (Å²) in [6, 6.07) is 5.97. The Kier molecular flexibility index (Phi) is 4.53. The van der Waals surface area contributed by atoms with Crippen molar-refractivity contribution in [2.45, 2.75) is 44.9 Å². The van der Waals surface area contributed by atoms with E-state index < -0.39 is 0 Å². The Balaban J connectivity index is 1.43. The summed E-state index contributed by atoms with van der Waals surface area (Å²) in [6.07, 6.45) is 11.9. The molecule has 0 aliphatic heterocycles. The van der Waals surface area contributed by atoms with Crippen molar-refractivity contribution in [1.82, 2.24) is 14.7 Å². The van der Waals surface area contributed by atoms with E-state index in [0.29, 0.717) is 18.9 Å². The largest absolute Gasteiger partial charge is 0.356 e. The Hall–Kier alpha value is -1.84. The Labute approximate surface area is 125 Å². The molecule has 2 aromatic heterocycles. The average molecular weight is 285 g/mol. The van der Waals surface area contributed by atoms with E-state index in [2.05, 4.69) is 10.3 Å². The number of carbonyl (C=O) groups excluding carboxylic acids is 1. The number of imidazole rings is 1. The smallest absolute Gasteiger partial charge is 0.220 e. The van der Waals surface area contributed by atoms with Gasteiger partial charge in [-0.3, -0.25) is 4.79 Å². The summed E-state index contributed by atoms with van der Waals surface area (Å²) in [5.74, 6) is 0.805. The Bertz CT molecular complexity index is 566. The molecule has 0 spiro atoms. The van der Waals surface area contributed by atoms with Gasteiger partial charge in [0.25, 0.3) is 0 Å². The number of nitrogens with one attached hydrogen (secondary N) is 1. The van der Waals surface area contributed by atoms with Crippen LogP contribution in [0.4, 0.5) is 0 Å². The molecule has 4 heteroatoms. The number of nitrogens with zero attached hydrogens (tertiary/aromatic N) is 2. The molecule has 3 rings (SSSR count). The molecule has 2 heterocycles. The minimum atomic E-state index is 0.200. The highest BCUT2D eigenvalue weighted by Gasteiger charge is 2.16. The van der Waals surface area contributed by atoms with Gasteiger partial charge in [-0.05, 0) is 30.9 Å². The molecule has 0 aromatic carbocycles. The fourth-order valence-electron chi connectivity index (χ4n) is 3.16. The van der Waals surface area contributed by atoms with Gasteiger partial charge in [-0.1, -0.05) is 25.3 Å². The van der Waals surface area contributed by atoms with Gasteiger partial charge in [-0.2, -0.15) is 0 Å². The van der Waals surface area contributed by atoms with E-state index >= 15 is 0 Å². The highest BCUT2D eigenvalue weighted by Crippen LogP contribution is 2.25. The Morgan fingerprint density at radius 1 is 1.29 bits per heavy atom. The van der Waals surface area contributed by atoms with Gasteiger partial charge in [0.15, 0.2) is 0 Å². The van der Waals surface area contributed by atoms with Crippen LogP contribution in [0.5, 0.6) is 0 Å². The summed E-state index contributed by atoms with van der Waals surface area (Å²) < 4.78 is 2.01. The summed E-state index contributed by atoms with van der Waals surface area (Å²) >= 11 is 0. The number of fused-ring (bicyclic) bond motifs is 1. The minimum absolute atomic E-state index is 0.200.